The molecule has 1 aromatic carbocycles. The van der Waals surface area contributed by atoms with Crippen LogP contribution in [0, 0.1) is 6.92 Å². The summed E-state index contributed by atoms with van der Waals surface area (Å²) in [4.78, 5) is 10.1. The van der Waals surface area contributed by atoms with Gasteiger partial charge in [0.15, 0.2) is 0 Å². The molecular weight excluding hydrogens is 251 g/mol. The van der Waals surface area contributed by atoms with Crippen LogP contribution in [0.15, 0.2) is 18.2 Å². The number of amides is 1. The SMILES string of the molecule is Cc1cc(C(F)(F)F)ccc1OCCNC(=O)O. The molecule has 100 valence electrons. The van der Waals surface area contributed by atoms with Crippen LogP contribution in [0.5, 0.6) is 5.75 Å². The molecule has 0 radical (unpaired) electrons. The number of rotatable bonds is 4. The zero-order chi connectivity index (χ0) is 13.8. The van der Waals surface area contributed by atoms with Crippen LogP contribution >= 0.6 is 0 Å². The van der Waals surface area contributed by atoms with Crippen LogP contribution in [0.3, 0.4) is 0 Å². The monoisotopic (exact) mass is 263 g/mol. The molecule has 7 heteroatoms. The van der Waals surface area contributed by atoms with Crippen LogP contribution in [-0.2, 0) is 6.18 Å². The normalized spacial score (nSPS) is 11.1. The molecular formula is C11H12F3NO3. The Morgan fingerprint density at radius 3 is 2.61 bits per heavy atom. The minimum absolute atomic E-state index is 0.0541. The summed E-state index contributed by atoms with van der Waals surface area (Å²) in [7, 11) is 0. The molecule has 18 heavy (non-hydrogen) atoms. The Kier molecular flexibility index (Phi) is 4.41. The Labute approximate surface area is 101 Å². The lowest BCUT2D eigenvalue weighted by atomic mass is 10.1. The third-order valence-electron chi connectivity index (χ3n) is 2.14. The molecule has 2 N–H and O–H groups in total. The molecule has 0 aliphatic heterocycles. The van der Waals surface area contributed by atoms with Crippen LogP contribution in [0.2, 0.25) is 0 Å². The first-order valence-corrected chi connectivity index (χ1v) is 5.08. The van der Waals surface area contributed by atoms with Gasteiger partial charge in [0.25, 0.3) is 0 Å². The van der Waals surface area contributed by atoms with Gasteiger partial charge in [0.1, 0.15) is 12.4 Å². The van der Waals surface area contributed by atoms with Crippen molar-refractivity contribution in [1.29, 1.82) is 0 Å². The number of carbonyl (C=O) groups is 1. The van der Waals surface area contributed by atoms with Gasteiger partial charge >= 0.3 is 12.3 Å². The molecule has 0 aliphatic rings. The van der Waals surface area contributed by atoms with Gasteiger partial charge in [-0.15, -0.1) is 0 Å². The largest absolute Gasteiger partial charge is 0.491 e. The van der Waals surface area contributed by atoms with Crippen molar-refractivity contribution in [2.24, 2.45) is 0 Å². The predicted octanol–water partition coefficient (Wildman–Crippen LogP) is 2.66. The van der Waals surface area contributed by atoms with Crippen LogP contribution in [-0.4, -0.2) is 24.4 Å². The number of ether oxygens (including phenoxy) is 1. The third-order valence-corrected chi connectivity index (χ3v) is 2.14. The lowest BCUT2D eigenvalue weighted by Crippen LogP contribution is -2.26. The van der Waals surface area contributed by atoms with Crippen molar-refractivity contribution in [2.75, 3.05) is 13.2 Å². The van der Waals surface area contributed by atoms with E-state index >= 15 is 0 Å². The van der Waals surface area contributed by atoms with Crippen molar-refractivity contribution in [1.82, 2.24) is 5.32 Å². The highest BCUT2D eigenvalue weighted by Gasteiger charge is 2.30. The van der Waals surface area contributed by atoms with Gasteiger partial charge in [0.2, 0.25) is 0 Å². The zero-order valence-electron chi connectivity index (χ0n) is 9.54. The number of halogens is 3. The Balaban J connectivity index is 2.60. The molecule has 1 aromatic rings. The lowest BCUT2D eigenvalue weighted by Gasteiger charge is -2.12. The number of nitrogens with one attached hydrogen (secondary N) is 1. The maximum Gasteiger partial charge on any atom is 0.416 e. The average Bonchev–Trinajstić information content (AvgIpc) is 2.24. The first-order chi connectivity index (χ1) is 8.30. The van der Waals surface area contributed by atoms with Crippen LogP contribution < -0.4 is 10.1 Å². The van der Waals surface area contributed by atoms with Crippen LogP contribution in [0.4, 0.5) is 18.0 Å². The van der Waals surface area contributed by atoms with Gasteiger partial charge in [-0.2, -0.15) is 13.2 Å². The summed E-state index contributed by atoms with van der Waals surface area (Å²) in [5, 5.41) is 10.4. The molecule has 4 nitrogen and oxygen atoms in total. The van der Waals surface area contributed by atoms with Crippen LogP contribution in [0.25, 0.3) is 0 Å². The lowest BCUT2D eigenvalue weighted by molar-refractivity contribution is -0.137. The smallest absolute Gasteiger partial charge is 0.416 e. The van der Waals surface area contributed by atoms with E-state index in [-0.39, 0.29) is 13.2 Å². The van der Waals surface area contributed by atoms with E-state index in [2.05, 4.69) is 5.32 Å². The maximum atomic E-state index is 12.4. The van der Waals surface area contributed by atoms with Gasteiger partial charge < -0.3 is 15.2 Å². The standard InChI is InChI=1S/C11H12F3NO3/c1-7-6-8(11(12,13)14)2-3-9(7)18-5-4-15-10(16)17/h2-3,6,15H,4-5H2,1H3,(H,16,17). The molecule has 0 saturated carbocycles. The second-order valence-electron chi connectivity index (χ2n) is 3.56. The Morgan fingerprint density at radius 2 is 2.11 bits per heavy atom. The van der Waals surface area contributed by atoms with E-state index in [1.165, 1.54) is 13.0 Å². The van der Waals surface area contributed by atoms with Crippen molar-refractivity contribution in [3.05, 3.63) is 29.3 Å². The summed E-state index contributed by atoms with van der Waals surface area (Å²) in [6, 6.07) is 3.13. The fraction of sp³-hybridized carbons (Fsp3) is 0.364. The summed E-state index contributed by atoms with van der Waals surface area (Å²) in [5.41, 5.74) is -0.392. The molecule has 0 bridgehead atoms. The summed E-state index contributed by atoms with van der Waals surface area (Å²) in [6.45, 7) is 1.61. The van der Waals surface area contributed by atoms with Gasteiger partial charge in [-0.05, 0) is 30.7 Å². The quantitative estimate of drug-likeness (QED) is 0.821. The Morgan fingerprint density at radius 1 is 1.44 bits per heavy atom. The topological polar surface area (TPSA) is 58.6 Å². The molecule has 1 rings (SSSR count). The number of benzene rings is 1. The Hall–Kier alpha value is -1.92. The van der Waals surface area contributed by atoms with E-state index < -0.39 is 17.8 Å². The van der Waals surface area contributed by atoms with E-state index in [0.29, 0.717) is 11.3 Å². The second-order valence-corrected chi connectivity index (χ2v) is 3.56. The number of hydrogen-bond acceptors (Lipinski definition) is 2. The van der Waals surface area contributed by atoms with Gasteiger partial charge in [0, 0.05) is 0 Å². The third kappa shape index (κ3) is 4.15. The first kappa shape index (κ1) is 14.1. The highest BCUT2D eigenvalue weighted by Crippen LogP contribution is 2.32. The van der Waals surface area contributed by atoms with Crippen LogP contribution in [0.1, 0.15) is 11.1 Å². The fourth-order valence-corrected chi connectivity index (χ4v) is 1.31. The van der Waals surface area contributed by atoms with Crippen molar-refractivity contribution in [3.63, 3.8) is 0 Å². The van der Waals surface area contributed by atoms with Crippen molar-refractivity contribution < 1.29 is 27.8 Å². The molecule has 0 aliphatic carbocycles. The molecule has 0 fully saturated rings. The molecule has 0 saturated heterocycles. The minimum Gasteiger partial charge on any atom is -0.491 e. The first-order valence-electron chi connectivity index (χ1n) is 5.08. The number of alkyl halides is 3. The fourth-order valence-electron chi connectivity index (χ4n) is 1.31. The van der Waals surface area contributed by atoms with Crippen molar-refractivity contribution in [2.45, 2.75) is 13.1 Å². The van der Waals surface area contributed by atoms with Gasteiger partial charge in [-0.25, -0.2) is 4.79 Å². The van der Waals surface area contributed by atoms with Gasteiger partial charge in [-0.3, -0.25) is 0 Å². The minimum atomic E-state index is -4.38. The summed E-state index contributed by atoms with van der Waals surface area (Å²) in [5.74, 6) is 0.301. The number of aryl methyl sites for hydroxylation is 1. The zero-order valence-corrected chi connectivity index (χ0v) is 9.54. The molecule has 1 amide bonds. The number of hydrogen-bond donors (Lipinski definition) is 2. The highest BCUT2D eigenvalue weighted by atomic mass is 19.4. The number of carboxylic acid groups (broad SMARTS) is 1. The predicted molar refractivity (Wildman–Crippen MR) is 57.7 cm³/mol. The molecule has 0 spiro atoms. The summed E-state index contributed by atoms with van der Waals surface area (Å²) in [6.07, 6.45) is -5.56. The van der Waals surface area contributed by atoms with E-state index in [9.17, 15) is 18.0 Å². The maximum absolute atomic E-state index is 12.4. The molecule has 0 unspecified atom stereocenters. The summed E-state index contributed by atoms with van der Waals surface area (Å²) >= 11 is 0. The second kappa shape index (κ2) is 5.61. The van der Waals surface area contributed by atoms with Gasteiger partial charge in [-0.1, -0.05) is 0 Å². The molecule has 0 heterocycles. The molecule has 0 aromatic heterocycles. The van der Waals surface area contributed by atoms with E-state index in [0.717, 1.165) is 12.1 Å². The van der Waals surface area contributed by atoms with E-state index in [1.807, 2.05) is 0 Å². The van der Waals surface area contributed by atoms with Crippen molar-refractivity contribution in [3.8, 4) is 5.75 Å². The van der Waals surface area contributed by atoms with Gasteiger partial charge in [0.05, 0.1) is 12.1 Å². The average molecular weight is 263 g/mol. The van der Waals surface area contributed by atoms with E-state index in [1.54, 1.807) is 0 Å². The summed E-state index contributed by atoms with van der Waals surface area (Å²) < 4.78 is 42.3. The molecule has 0 atom stereocenters. The highest BCUT2D eigenvalue weighted by molar-refractivity contribution is 5.64. The van der Waals surface area contributed by atoms with Crippen molar-refractivity contribution >= 4 is 6.09 Å². The Bertz CT molecular complexity index is 432. The van der Waals surface area contributed by atoms with E-state index in [4.69, 9.17) is 9.84 Å².